The minimum absolute atomic E-state index is 0.433. The standard InChI is InChI=1S/C13H21NOS/c1-13(15)6-3-8-14(10-7-13)9-5-12-4-2-11-16-12/h2,4,11,15H,3,5-10H2,1H3. The van der Waals surface area contributed by atoms with Crippen molar-refractivity contribution in [3.63, 3.8) is 0 Å². The zero-order valence-corrected chi connectivity index (χ0v) is 10.8. The summed E-state index contributed by atoms with van der Waals surface area (Å²) in [6.45, 7) is 5.28. The molecule has 16 heavy (non-hydrogen) atoms. The Morgan fingerprint density at radius 1 is 1.44 bits per heavy atom. The summed E-state index contributed by atoms with van der Waals surface area (Å²) in [6.07, 6.45) is 4.14. The Labute approximate surface area is 102 Å². The van der Waals surface area contributed by atoms with Gasteiger partial charge in [0.2, 0.25) is 0 Å². The second-order valence-corrected chi connectivity index (χ2v) is 6.05. The largest absolute Gasteiger partial charge is 0.390 e. The minimum Gasteiger partial charge on any atom is -0.390 e. The molecule has 0 radical (unpaired) electrons. The van der Waals surface area contributed by atoms with Crippen molar-refractivity contribution in [2.75, 3.05) is 19.6 Å². The second kappa shape index (κ2) is 5.30. The van der Waals surface area contributed by atoms with Gasteiger partial charge >= 0.3 is 0 Å². The SMILES string of the molecule is CC1(O)CCCN(CCc2cccs2)CC1. The van der Waals surface area contributed by atoms with Gasteiger partial charge in [0.15, 0.2) is 0 Å². The Bertz CT molecular complexity index is 308. The van der Waals surface area contributed by atoms with Crippen molar-refractivity contribution >= 4 is 11.3 Å². The van der Waals surface area contributed by atoms with Gasteiger partial charge in [-0.15, -0.1) is 11.3 Å². The average molecular weight is 239 g/mol. The lowest BCUT2D eigenvalue weighted by atomic mass is 9.98. The lowest BCUT2D eigenvalue weighted by molar-refractivity contribution is 0.0447. The van der Waals surface area contributed by atoms with E-state index in [1.165, 1.54) is 4.88 Å². The van der Waals surface area contributed by atoms with Crippen molar-refractivity contribution < 1.29 is 5.11 Å². The molecule has 2 rings (SSSR count). The fourth-order valence-corrected chi connectivity index (χ4v) is 2.96. The number of hydrogen-bond donors (Lipinski definition) is 1. The summed E-state index contributed by atoms with van der Waals surface area (Å²) in [5.41, 5.74) is -0.433. The van der Waals surface area contributed by atoms with Crippen LogP contribution in [0.15, 0.2) is 17.5 Å². The van der Waals surface area contributed by atoms with Crippen molar-refractivity contribution in [2.45, 2.75) is 38.2 Å². The van der Waals surface area contributed by atoms with Crippen LogP contribution in [0.4, 0.5) is 0 Å². The van der Waals surface area contributed by atoms with E-state index in [1.807, 2.05) is 18.3 Å². The first-order chi connectivity index (χ1) is 7.66. The Morgan fingerprint density at radius 2 is 2.31 bits per heavy atom. The molecule has 2 heterocycles. The monoisotopic (exact) mass is 239 g/mol. The Hall–Kier alpha value is -0.380. The summed E-state index contributed by atoms with van der Waals surface area (Å²) in [5.74, 6) is 0. The first-order valence-corrected chi connectivity index (χ1v) is 7.01. The van der Waals surface area contributed by atoms with Crippen LogP contribution in [0.3, 0.4) is 0 Å². The molecule has 0 aromatic carbocycles. The van der Waals surface area contributed by atoms with E-state index in [2.05, 4.69) is 22.4 Å². The molecule has 0 saturated carbocycles. The van der Waals surface area contributed by atoms with Crippen LogP contribution in [0.5, 0.6) is 0 Å². The van der Waals surface area contributed by atoms with Crippen molar-refractivity contribution in [2.24, 2.45) is 0 Å². The molecule has 3 heteroatoms. The maximum atomic E-state index is 10.00. The number of rotatable bonds is 3. The molecule has 0 aliphatic carbocycles. The zero-order valence-electron chi connectivity index (χ0n) is 9.98. The minimum atomic E-state index is -0.433. The maximum Gasteiger partial charge on any atom is 0.0632 e. The van der Waals surface area contributed by atoms with Crippen molar-refractivity contribution in [1.29, 1.82) is 0 Å². The van der Waals surface area contributed by atoms with Crippen LogP contribution in [-0.2, 0) is 6.42 Å². The quantitative estimate of drug-likeness (QED) is 0.876. The molecule has 1 aliphatic rings. The zero-order chi connectivity index (χ0) is 11.4. The number of likely N-dealkylation sites (tertiary alicyclic amines) is 1. The van der Waals surface area contributed by atoms with Gasteiger partial charge < -0.3 is 10.0 Å². The Kier molecular flexibility index (Phi) is 4.00. The molecule has 2 nitrogen and oxygen atoms in total. The first-order valence-electron chi connectivity index (χ1n) is 6.13. The molecule has 1 fully saturated rings. The molecule has 1 aromatic heterocycles. The van der Waals surface area contributed by atoms with Crippen molar-refractivity contribution in [3.8, 4) is 0 Å². The molecule has 0 amide bonds. The predicted octanol–water partition coefficient (Wildman–Crippen LogP) is 2.53. The molecule has 90 valence electrons. The number of nitrogens with zero attached hydrogens (tertiary/aromatic N) is 1. The smallest absolute Gasteiger partial charge is 0.0632 e. The maximum absolute atomic E-state index is 10.00. The highest BCUT2D eigenvalue weighted by Gasteiger charge is 2.24. The first kappa shape index (κ1) is 12.1. The van der Waals surface area contributed by atoms with Crippen LogP contribution in [0, 0.1) is 0 Å². The van der Waals surface area contributed by atoms with Gasteiger partial charge in [-0.25, -0.2) is 0 Å². The third kappa shape index (κ3) is 3.58. The average Bonchev–Trinajstić information content (AvgIpc) is 2.68. The highest BCUT2D eigenvalue weighted by Crippen LogP contribution is 2.21. The van der Waals surface area contributed by atoms with Gasteiger partial charge in [-0.2, -0.15) is 0 Å². The summed E-state index contributed by atoms with van der Waals surface area (Å²) in [7, 11) is 0. The van der Waals surface area contributed by atoms with E-state index in [0.717, 1.165) is 45.3 Å². The van der Waals surface area contributed by atoms with Gasteiger partial charge in [0.1, 0.15) is 0 Å². The van der Waals surface area contributed by atoms with E-state index >= 15 is 0 Å². The normalized spacial score (nSPS) is 27.9. The third-order valence-corrected chi connectivity index (χ3v) is 4.35. The van der Waals surface area contributed by atoms with Gasteiger partial charge in [-0.05, 0) is 50.6 Å². The van der Waals surface area contributed by atoms with E-state index in [0.29, 0.717) is 0 Å². The number of hydrogen-bond acceptors (Lipinski definition) is 3. The Balaban J connectivity index is 1.78. The van der Waals surface area contributed by atoms with Crippen LogP contribution in [0.1, 0.15) is 31.1 Å². The molecular formula is C13H21NOS. The number of aliphatic hydroxyl groups is 1. The van der Waals surface area contributed by atoms with Gasteiger partial charge in [0.05, 0.1) is 5.60 Å². The van der Waals surface area contributed by atoms with E-state index in [9.17, 15) is 5.11 Å². The molecule has 1 N–H and O–H groups in total. The second-order valence-electron chi connectivity index (χ2n) is 5.02. The van der Waals surface area contributed by atoms with Crippen molar-refractivity contribution in [1.82, 2.24) is 4.90 Å². The molecular weight excluding hydrogens is 218 g/mol. The summed E-state index contributed by atoms with van der Waals surface area (Å²) in [6, 6.07) is 4.33. The van der Waals surface area contributed by atoms with Crippen LogP contribution < -0.4 is 0 Å². The van der Waals surface area contributed by atoms with Crippen LogP contribution in [-0.4, -0.2) is 35.2 Å². The van der Waals surface area contributed by atoms with Crippen LogP contribution in [0.2, 0.25) is 0 Å². The van der Waals surface area contributed by atoms with E-state index in [-0.39, 0.29) is 0 Å². The van der Waals surface area contributed by atoms with Gasteiger partial charge in [-0.3, -0.25) is 0 Å². The third-order valence-electron chi connectivity index (χ3n) is 3.41. The molecule has 0 bridgehead atoms. The topological polar surface area (TPSA) is 23.5 Å². The summed E-state index contributed by atoms with van der Waals surface area (Å²) < 4.78 is 0. The summed E-state index contributed by atoms with van der Waals surface area (Å²) in [5, 5.41) is 12.1. The fraction of sp³-hybridized carbons (Fsp3) is 0.692. The number of thiophene rings is 1. The van der Waals surface area contributed by atoms with Crippen LogP contribution in [0.25, 0.3) is 0 Å². The highest BCUT2D eigenvalue weighted by atomic mass is 32.1. The van der Waals surface area contributed by atoms with Gasteiger partial charge in [0, 0.05) is 18.0 Å². The molecule has 1 saturated heterocycles. The van der Waals surface area contributed by atoms with E-state index in [4.69, 9.17) is 0 Å². The van der Waals surface area contributed by atoms with E-state index < -0.39 is 5.60 Å². The predicted molar refractivity (Wildman–Crippen MR) is 68.9 cm³/mol. The molecule has 0 spiro atoms. The summed E-state index contributed by atoms with van der Waals surface area (Å²) in [4.78, 5) is 3.96. The molecule has 1 atom stereocenters. The van der Waals surface area contributed by atoms with Gasteiger partial charge in [0.25, 0.3) is 0 Å². The lowest BCUT2D eigenvalue weighted by Gasteiger charge is -2.22. The van der Waals surface area contributed by atoms with E-state index in [1.54, 1.807) is 0 Å². The summed E-state index contributed by atoms with van der Waals surface area (Å²) >= 11 is 1.84. The molecule has 1 aliphatic heterocycles. The molecule has 1 aromatic rings. The van der Waals surface area contributed by atoms with Crippen LogP contribution >= 0.6 is 11.3 Å². The highest BCUT2D eigenvalue weighted by molar-refractivity contribution is 7.09. The lowest BCUT2D eigenvalue weighted by Crippen LogP contribution is -2.29. The molecule has 1 unspecified atom stereocenters. The van der Waals surface area contributed by atoms with Crippen molar-refractivity contribution in [3.05, 3.63) is 22.4 Å². The Morgan fingerprint density at radius 3 is 3.06 bits per heavy atom. The fourth-order valence-electron chi connectivity index (χ4n) is 2.27. The van der Waals surface area contributed by atoms with Gasteiger partial charge in [-0.1, -0.05) is 6.07 Å².